The smallest absolute Gasteiger partial charge is 0.347 e. The number of methoxy groups -OCH3 is 1. The number of amides is 2. The molecule has 3 unspecified atom stereocenters. The molecule has 1 heterocycles. The van der Waals surface area contributed by atoms with Crippen molar-refractivity contribution in [2.45, 2.75) is 103 Å². The van der Waals surface area contributed by atoms with Gasteiger partial charge in [0.05, 0.1) is 56.3 Å². The Labute approximate surface area is 373 Å². The Morgan fingerprint density at radius 1 is 0.607 bits per heavy atom. The van der Waals surface area contributed by atoms with E-state index in [4.69, 9.17) is 60.6 Å². The van der Waals surface area contributed by atoms with E-state index in [1.54, 1.807) is 0 Å². The van der Waals surface area contributed by atoms with Crippen LogP contribution in [-0.2, 0) is 38.1 Å². The number of nitrogens with zero attached hydrogens (tertiary/aromatic N) is 3. The number of esters is 4. The minimum Gasteiger partial charge on any atom is -0.466 e. The zero-order chi connectivity index (χ0) is 44.6. The third kappa shape index (κ3) is 14.0. The van der Waals surface area contributed by atoms with Crippen LogP contribution < -0.4 is 10.6 Å². The Morgan fingerprint density at radius 2 is 1.02 bits per heavy atom. The van der Waals surface area contributed by atoms with Crippen molar-refractivity contribution in [3.8, 4) is 0 Å². The lowest BCUT2D eigenvalue weighted by atomic mass is 10.1. The van der Waals surface area contributed by atoms with Crippen LogP contribution >= 0.6 is 46.4 Å². The van der Waals surface area contributed by atoms with Crippen molar-refractivity contribution in [3.63, 3.8) is 0 Å². The number of anilines is 2. The molecule has 2 amide bonds. The zero-order valence-electron chi connectivity index (χ0n) is 34.1. The molecule has 0 saturated carbocycles. The predicted molar refractivity (Wildman–Crippen MR) is 231 cm³/mol. The number of nitrogens with one attached hydrogen (secondary N) is 2. The lowest BCUT2D eigenvalue weighted by Gasteiger charge is -2.18. The standard InChI is InChI=1S/C42H47Cl4N5O10/c1-5-6-7-8-9-10-11-12-13-14-21-59-40(55)25(3)61-42(57)27-16-18-29(44)33(23-27)48-38(53)36(51-49-34-30(45)19-20-31(46)35(34)50-51)37(52)47-32-22-26(15-17-28(32)43)41(56)60-24(2)39(54)58-4/h15-20,22-25,36H,5-14,21H2,1-4H3,(H,47,52)(H,48,53). The van der Waals surface area contributed by atoms with E-state index >= 15 is 0 Å². The largest absolute Gasteiger partial charge is 0.466 e. The highest BCUT2D eigenvalue weighted by Crippen LogP contribution is 2.30. The maximum Gasteiger partial charge on any atom is 0.347 e. The first kappa shape index (κ1) is 48.7. The van der Waals surface area contributed by atoms with Gasteiger partial charge in [-0.1, -0.05) is 111 Å². The van der Waals surface area contributed by atoms with Gasteiger partial charge >= 0.3 is 23.9 Å². The summed E-state index contributed by atoms with van der Waals surface area (Å²) in [4.78, 5) is 79.3. The van der Waals surface area contributed by atoms with Gasteiger partial charge < -0.3 is 29.6 Å². The molecule has 0 spiro atoms. The second kappa shape index (κ2) is 23.9. The van der Waals surface area contributed by atoms with Crippen molar-refractivity contribution in [1.82, 2.24) is 15.0 Å². The van der Waals surface area contributed by atoms with Gasteiger partial charge in [-0.2, -0.15) is 15.0 Å². The van der Waals surface area contributed by atoms with Gasteiger partial charge in [0.2, 0.25) is 6.04 Å². The first-order chi connectivity index (χ1) is 29.1. The molecule has 0 aliphatic rings. The van der Waals surface area contributed by atoms with E-state index in [-0.39, 0.29) is 60.2 Å². The van der Waals surface area contributed by atoms with Crippen molar-refractivity contribution in [2.24, 2.45) is 0 Å². The summed E-state index contributed by atoms with van der Waals surface area (Å²) in [5.41, 5.74) is -0.303. The van der Waals surface area contributed by atoms with Gasteiger partial charge in [0.15, 0.2) is 12.2 Å². The number of ether oxygens (including phenoxy) is 4. The van der Waals surface area contributed by atoms with Crippen LogP contribution in [0.3, 0.4) is 0 Å². The number of hydrogen-bond donors (Lipinski definition) is 2. The number of unbranched alkanes of at least 4 members (excludes halogenated alkanes) is 9. The molecule has 3 aromatic carbocycles. The summed E-state index contributed by atoms with van der Waals surface area (Å²) in [6.45, 7) is 5.09. The van der Waals surface area contributed by atoms with Crippen LogP contribution in [0.4, 0.5) is 11.4 Å². The number of halogens is 4. The Balaban J connectivity index is 1.47. The summed E-state index contributed by atoms with van der Waals surface area (Å²) in [5.74, 6) is -5.47. The van der Waals surface area contributed by atoms with Crippen molar-refractivity contribution >= 4 is 105 Å². The molecule has 0 bridgehead atoms. The van der Waals surface area contributed by atoms with Crippen molar-refractivity contribution in [1.29, 1.82) is 0 Å². The number of aromatic nitrogens is 3. The number of carbonyl (C=O) groups is 6. The van der Waals surface area contributed by atoms with E-state index in [9.17, 15) is 28.8 Å². The molecule has 328 valence electrons. The van der Waals surface area contributed by atoms with Crippen LogP contribution in [-0.4, -0.2) is 76.6 Å². The highest BCUT2D eigenvalue weighted by atomic mass is 35.5. The van der Waals surface area contributed by atoms with Crippen molar-refractivity contribution in [3.05, 3.63) is 79.7 Å². The molecule has 4 aromatic rings. The molecule has 1 aromatic heterocycles. The minimum absolute atomic E-state index is 0.0341. The second-order valence-corrected chi connectivity index (χ2v) is 15.6. The van der Waals surface area contributed by atoms with E-state index in [2.05, 4.69) is 32.5 Å². The summed E-state index contributed by atoms with van der Waals surface area (Å²) in [6.07, 6.45) is 8.79. The van der Waals surface area contributed by atoms with Crippen molar-refractivity contribution < 1.29 is 47.7 Å². The molecule has 0 fully saturated rings. The van der Waals surface area contributed by atoms with Crippen LogP contribution in [0.25, 0.3) is 11.0 Å². The maximum atomic E-state index is 14.1. The van der Waals surface area contributed by atoms with Crippen LogP contribution in [0.1, 0.15) is 112 Å². The molecule has 0 aliphatic heterocycles. The van der Waals surface area contributed by atoms with Gasteiger partial charge in [0.25, 0.3) is 11.8 Å². The lowest BCUT2D eigenvalue weighted by molar-refractivity contribution is -0.153. The van der Waals surface area contributed by atoms with Gasteiger partial charge in [-0.15, -0.1) is 0 Å². The highest BCUT2D eigenvalue weighted by molar-refractivity contribution is 6.39. The summed E-state index contributed by atoms with van der Waals surface area (Å²) < 4.78 is 20.4. The average molecular weight is 924 g/mol. The number of rotatable bonds is 22. The van der Waals surface area contributed by atoms with E-state index in [0.717, 1.165) is 31.2 Å². The van der Waals surface area contributed by atoms with Gasteiger partial charge in [-0.25, -0.2) is 19.2 Å². The SMILES string of the molecule is CCCCCCCCCCCCOC(=O)C(C)OC(=O)c1ccc(Cl)c(NC(=O)C(C(=O)Nc2cc(C(=O)OC(C)C(=O)OC)ccc2Cl)n2nc3c(Cl)ccc(Cl)c3n2)c1. The molecule has 0 radical (unpaired) electrons. The number of carbonyl (C=O) groups excluding carboxylic acids is 6. The molecule has 0 saturated heterocycles. The third-order valence-corrected chi connectivity index (χ3v) is 10.5. The summed E-state index contributed by atoms with van der Waals surface area (Å²) in [6, 6.07) is 8.56. The summed E-state index contributed by atoms with van der Waals surface area (Å²) >= 11 is 25.5. The van der Waals surface area contributed by atoms with Crippen LogP contribution in [0.15, 0.2) is 48.5 Å². The third-order valence-electron chi connectivity index (χ3n) is 9.28. The number of fused-ring (bicyclic) bond motifs is 1. The zero-order valence-corrected chi connectivity index (χ0v) is 37.1. The Kier molecular flexibility index (Phi) is 19.1. The van der Waals surface area contributed by atoms with E-state index in [0.29, 0.717) is 6.42 Å². The highest BCUT2D eigenvalue weighted by Gasteiger charge is 2.33. The molecular weight excluding hydrogens is 876 g/mol. The normalized spacial score (nSPS) is 12.5. The molecule has 15 nitrogen and oxygen atoms in total. The summed E-state index contributed by atoms with van der Waals surface area (Å²) in [5, 5.41) is 13.7. The molecule has 4 rings (SSSR count). The van der Waals surface area contributed by atoms with E-state index in [1.807, 2.05) is 0 Å². The quantitative estimate of drug-likeness (QED) is 0.0329. The van der Waals surface area contributed by atoms with Gasteiger partial charge in [-0.3, -0.25) is 9.59 Å². The van der Waals surface area contributed by atoms with Crippen LogP contribution in [0.5, 0.6) is 0 Å². The fraction of sp³-hybridized carbons (Fsp3) is 0.429. The van der Waals surface area contributed by atoms with Gasteiger partial charge in [0, 0.05) is 0 Å². The summed E-state index contributed by atoms with van der Waals surface area (Å²) in [7, 11) is 1.13. The Hall–Kier alpha value is -4.96. The fourth-order valence-corrected chi connectivity index (χ4v) is 6.60. The van der Waals surface area contributed by atoms with E-state index in [1.165, 1.54) is 101 Å². The molecule has 61 heavy (non-hydrogen) atoms. The predicted octanol–water partition coefficient (Wildman–Crippen LogP) is 9.59. The van der Waals surface area contributed by atoms with E-state index < -0.39 is 53.9 Å². The van der Waals surface area contributed by atoms with Crippen LogP contribution in [0.2, 0.25) is 20.1 Å². The van der Waals surface area contributed by atoms with Crippen molar-refractivity contribution in [2.75, 3.05) is 24.4 Å². The minimum atomic E-state index is -1.93. The lowest BCUT2D eigenvalue weighted by Crippen LogP contribution is -2.37. The maximum absolute atomic E-state index is 14.1. The number of hydrogen-bond acceptors (Lipinski definition) is 12. The molecule has 2 N–H and O–H groups in total. The fourth-order valence-electron chi connectivity index (χ4n) is 5.89. The molecule has 0 aliphatic carbocycles. The molecule has 3 atom stereocenters. The van der Waals surface area contributed by atoms with Crippen LogP contribution in [0, 0.1) is 0 Å². The first-order valence-electron chi connectivity index (χ1n) is 19.7. The molecule has 19 heteroatoms. The Morgan fingerprint density at radius 3 is 1.46 bits per heavy atom. The van der Waals surface area contributed by atoms with Gasteiger partial charge in [0.1, 0.15) is 11.0 Å². The number of benzene rings is 3. The first-order valence-corrected chi connectivity index (χ1v) is 21.2. The molecular formula is C42H47Cl4N5O10. The van der Waals surface area contributed by atoms with Gasteiger partial charge in [-0.05, 0) is 68.8 Å². The monoisotopic (exact) mass is 921 g/mol. The second-order valence-electron chi connectivity index (χ2n) is 14.0. The average Bonchev–Trinajstić information content (AvgIpc) is 3.68. The topological polar surface area (TPSA) is 194 Å². The Bertz CT molecular complexity index is 2180.